The van der Waals surface area contributed by atoms with Crippen LogP contribution >= 0.6 is 0 Å². The first kappa shape index (κ1) is 15.4. The van der Waals surface area contributed by atoms with Crippen molar-refractivity contribution in [2.45, 2.75) is 0 Å². The summed E-state index contributed by atoms with van der Waals surface area (Å²) >= 11 is 0. The van der Waals surface area contributed by atoms with E-state index in [1.165, 1.54) is 0 Å². The fourth-order valence-electron chi connectivity index (χ4n) is 3.06. The van der Waals surface area contributed by atoms with Gasteiger partial charge in [0.1, 0.15) is 17.3 Å². The lowest BCUT2D eigenvalue weighted by molar-refractivity contribution is 0.483. The zero-order valence-electron chi connectivity index (χ0n) is 14.4. The molecule has 0 aliphatic rings. The Balaban J connectivity index is 1.46. The number of fused-ring (bicyclic) bond motifs is 3. The van der Waals surface area contributed by atoms with Gasteiger partial charge in [0.2, 0.25) is 0 Å². The first-order valence-electron chi connectivity index (χ1n) is 8.69. The summed E-state index contributed by atoms with van der Waals surface area (Å²) in [6, 6.07) is 27.6. The molecule has 0 atom stereocenters. The number of rotatable bonds is 4. The third-order valence-electron chi connectivity index (χ3n) is 4.33. The molecule has 0 aliphatic carbocycles. The van der Waals surface area contributed by atoms with Crippen LogP contribution in [0.25, 0.3) is 16.6 Å². The van der Waals surface area contributed by atoms with E-state index in [4.69, 9.17) is 9.72 Å². The van der Waals surface area contributed by atoms with Crippen LogP contribution in [-0.4, -0.2) is 14.6 Å². The highest BCUT2D eigenvalue weighted by Crippen LogP contribution is 2.27. The maximum absolute atomic E-state index is 5.85. The molecule has 2 aromatic heterocycles. The Bertz CT molecular complexity index is 1210. The smallest absolute Gasteiger partial charge is 0.158 e. The minimum Gasteiger partial charge on any atom is -0.457 e. The molecule has 3 aromatic carbocycles. The predicted octanol–water partition coefficient (Wildman–Crippen LogP) is 5.42. The molecule has 0 radical (unpaired) electrons. The van der Waals surface area contributed by atoms with Gasteiger partial charge < -0.3 is 10.1 Å². The molecule has 5 rings (SSSR count). The molecule has 0 unspecified atom stereocenters. The van der Waals surface area contributed by atoms with Crippen LogP contribution in [0.3, 0.4) is 0 Å². The molecule has 5 aromatic rings. The van der Waals surface area contributed by atoms with Crippen molar-refractivity contribution in [3.8, 4) is 11.5 Å². The van der Waals surface area contributed by atoms with E-state index < -0.39 is 0 Å². The molecule has 5 heteroatoms. The number of para-hydroxylation sites is 2. The van der Waals surface area contributed by atoms with Crippen LogP contribution < -0.4 is 10.1 Å². The lowest BCUT2D eigenvalue weighted by Gasteiger charge is -2.11. The monoisotopic (exact) mass is 352 g/mol. The van der Waals surface area contributed by atoms with Gasteiger partial charge in [-0.05, 0) is 48.5 Å². The van der Waals surface area contributed by atoms with Crippen LogP contribution in [0.4, 0.5) is 11.5 Å². The van der Waals surface area contributed by atoms with Crippen molar-refractivity contribution in [1.82, 2.24) is 14.6 Å². The molecule has 0 amide bonds. The molecule has 0 bridgehead atoms. The molecule has 0 aliphatic heterocycles. The fraction of sp³-hybridized carbons (Fsp3) is 0. The van der Waals surface area contributed by atoms with E-state index in [2.05, 4.69) is 10.4 Å². The van der Waals surface area contributed by atoms with E-state index in [-0.39, 0.29) is 0 Å². The minimum absolute atomic E-state index is 0.788. The summed E-state index contributed by atoms with van der Waals surface area (Å²) in [5.74, 6) is 2.41. The van der Waals surface area contributed by atoms with Crippen LogP contribution in [0.1, 0.15) is 0 Å². The van der Waals surface area contributed by atoms with Gasteiger partial charge in [-0.2, -0.15) is 5.10 Å². The second-order valence-corrected chi connectivity index (χ2v) is 6.14. The third kappa shape index (κ3) is 2.95. The molecule has 130 valence electrons. The van der Waals surface area contributed by atoms with Gasteiger partial charge in [0, 0.05) is 17.1 Å². The number of nitrogens with one attached hydrogen (secondary N) is 1. The quantitative estimate of drug-likeness (QED) is 0.469. The van der Waals surface area contributed by atoms with Gasteiger partial charge in [-0.3, -0.25) is 0 Å². The van der Waals surface area contributed by atoms with E-state index >= 15 is 0 Å². The van der Waals surface area contributed by atoms with Gasteiger partial charge in [-0.25, -0.2) is 9.50 Å². The topological polar surface area (TPSA) is 51.5 Å². The van der Waals surface area contributed by atoms with Crippen LogP contribution in [-0.2, 0) is 0 Å². The molecule has 5 nitrogen and oxygen atoms in total. The Morgan fingerprint density at radius 3 is 2.33 bits per heavy atom. The number of aromatic nitrogens is 3. The molecule has 2 heterocycles. The van der Waals surface area contributed by atoms with Crippen LogP contribution in [0, 0.1) is 0 Å². The second-order valence-electron chi connectivity index (χ2n) is 6.14. The predicted molar refractivity (Wildman–Crippen MR) is 107 cm³/mol. The number of hydrogen-bond acceptors (Lipinski definition) is 4. The van der Waals surface area contributed by atoms with Crippen molar-refractivity contribution in [2.75, 3.05) is 5.32 Å². The Kier molecular flexibility index (Phi) is 3.68. The first-order valence-corrected chi connectivity index (χ1v) is 8.69. The van der Waals surface area contributed by atoms with Gasteiger partial charge in [-0.15, -0.1) is 0 Å². The van der Waals surface area contributed by atoms with E-state index in [0.29, 0.717) is 0 Å². The lowest BCUT2D eigenvalue weighted by Crippen LogP contribution is -2.00. The van der Waals surface area contributed by atoms with E-state index in [1.54, 1.807) is 6.20 Å². The summed E-state index contributed by atoms with van der Waals surface area (Å²) in [6.07, 6.45) is 1.76. The van der Waals surface area contributed by atoms with Crippen molar-refractivity contribution in [3.63, 3.8) is 0 Å². The van der Waals surface area contributed by atoms with Gasteiger partial charge in [0.05, 0.1) is 11.7 Å². The SMILES string of the molecule is c1ccc(Oc2ccc(Nc3nc4ccnn4c4ccccc34)cc2)cc1. The normalized spacial score (nSPS) is 11.0. The fourth-order valence-corrected chi connectivity index (χ4v) is 3.06. The Labute approximate surface area is 155 Å². The molecule has 0 fully saturated rings. The van der Waals surface area contributed by atoms with Gasteiger partial charge in [0.15, 0.2) is 5.65 Å². The molecule has 0 saturated carbocycles. The Morgan fingerprint density at radius 1 is 0.741 bits per heavy atom. The number of hydrogen-bond donors (Lipinski definition) is 1. The first-order chi connectivity index (χ1) is 13.4. The van der Waals surface area contributed by atoms with Crippen molar-refractivity contribution in [2.24, 2.45) is 0 Å². The average Bonchev–Trinajstić information content (AvgIpc) is 3.19. The standard InChI is InChI=1S/C22H16N4O/c1-2-6-17(7-3-1)27-18-12-10-16(11-13-18)24-22-19-8-4-5-9-20(19)26-21(25-22)14-15-23-26/h1-15H,(H,24,25). The van der Waals surface area contributed by atoms with Gasteiger partial charge in [-0.1, -0.05) is 30.3 Å². The van der Waals surface area contributed by atoms with Crippen molar-refractivity contribution < 1.29 is 4.74 Å². The maximum atomic E-state index is 5.85. The van der Waals surface area contributed by atoms with Crippen LogP contribution in [0.5, 0.6) is 11.5 Å². The number of nitrogens with zero attached hydrogens (tertiary/aromatic N) is 3. The minimum atomic E-state index is 0.788. The van der Waals surface area contributed by atoms with E-state index in [1.807, 2.05) is 89.4 Å². The molecular weight excluding hydrogens is 336 g/mol. The zero-order chi connectivity index (χ0) is 18.1. The van der Waals surface area contributed by atoms with E-state index in [9.17, 15) is 0 Å². The number of benzene rings is 3. The summed E-state index contributed by atoms with van der Waals surface area (Å²) in [7, 11) is 0. The highest BCUT2D eigenvalue weighted by Gasteiger charge is 2.09. The Morgan fingerprint density at radius 2 is 1.48 bits per heavy atom. The van der Waals surface area contributed by atoms with Crippen LogP contribution in [0.2, 0.25) is 0 Å². The van der Waals surface area contributed by atoms with Crippen molar-refractivity contribution in [3.05, 3.63) is 91.1 Å². The Hall–Kier alpha value is -3.86. The molecular formula is C22H16N4O. The zero-order valence-corrected chi connectivity index (χ0v) is 14.4. The highest BCUT2D eigenvalue weighted by molar-refractivity contribution is 5.92. The summed E-state index contributed by atoms with van der Waals surface area (Å²) in [4.78, 5) is 4.71. The van der Waals surface area contributed by atoms with Crippen LogP contribution in [0.15, 0.2) is 91.1 Å². The highest BCUT2D eigenvalue weighted by atomic mass is 16.5. The van der Waals surface area contributed by atoms with E-state index in [0.717, 1.165) is 39.6 Å². The van der Waals surface area contributed by atoms with Gasteiger partial charge in [0.25, 0.3) is 0 Å². The molecule has 27 heavy (non-hydrogen) atoms. The van der Waals surface area contributed by atoms with Gasteiger partial charge >= 0.3 is 0 Å². The summed E-state index contributed by atoms with van der Waals surface area (Å²) in [6.45, 7) is 0. The third-order valence-corrected chi connectivity index (χ3v) is 4.33. The lowest BCUT2D eigenvalue weighted by atomic mass is 10.2. The van der Waals surface area contributed by atoms with Crippen molar-refractivity contribution in [1.29, 1.82) is 0 Å². The summed E-state index contributed by atoms with van der Waals surface area (Å²) < 4.78 is 7.69. The number of anilines is 2. The second kappa shape index (κ2) is 6.46. The molecule has 1 N–H and O–H groups in total. The summed E-state index contributed by atoms with van der Waals surface area (Å²) in [5.41, 5.74) is 2.76. The maximum Gasteiger partial charge on any atom is 0.158 e. The largest absolute Gasteiger partial charge is 0.457 e. The molecule has 0 spiro atoms. The summed E-state index contributed by atoms with van der Waals surface area (Å²) in [5, 5.41) is 8.78. The average molecular weight is 352 g/mol. The number of ether oxygens (including phenoxy) is 1. The van der Waals surface area contributed by atoms with Crippen molar-refractivity contribution >= 4 is 28.1 Å². The molecule has 0 saturated heterocycles.